The molecule has 0 bridgehead atoms. The van der Waals surface area contributed by atoms with E-state index in [1.54, 1.807) is 6.92 Å². The molecule has 0 aromatic carbocycles. The lowest BCUT2D eigenvalue weighted by atomic mass is 9.88. The van der Waals surface area contributed by atoms with Gasteiger partial charge in [0.2, 0.25) is 0 Å². The third-order valence-electron chi connectivity index (χ3n) is 3.27. The quantitative estimate of drug-likeness (QED) is 0.865. The van der Waals surface area contributed by atoms with Crippen LogP contribution in [0.2, 0.25) is 0 Å². The summed E-state index contributed by atoms with van der Waals surface area (Å²) < 4.78 is 26.0. The molecule has 1 atom stereocenters. The molecule has 7 nitrogen and oxygen atoms in total. The normalized spacial score (nSPS) is 14.6. The first kappa shape index (κ1) is 15.6. The molecule has 0 aliphatic rings. The maximum atomic E-state index is 12.4. The molecule has 0 aliphatic carbocycles. The zero-order valence-corrected chi connectivity index (χ0v) is 12.4. The molecule has 0 aliphatic heterocycles. The summed E-state index contributed by atoms with van der Waals surface area (Å²) in [7, 11) is -2.49. The molecule has 0 spiro atoms. The predicted octanol–water partition coefficient (Wildman–Crippen LogP) is 1.16. The first-order valence-electron chi connectivity index (χ1n) is 5.74. The molecular formula is C11H19N3O4S. The number of carboxylic acid groups (broad SMARTS) is 1. The Morgan fingerprint density at radius 2 is 2.00 bits per heavy atom. The molecule has 19 heavy (non-hydrogen) atoms. The van der Waals surface area contributed by atoms with Crippen molar-refractivity contribution in [1.82, 2.24) is 14.5 Å². The van der Waals surface area contributed by atoms with Crippen LogP contribution in [0.15, 0.2) is 11.2 Å². The van der Waals surface area contributed by atoms with Gasteiger partial charge in [-0.1, -0.05) is 20.8 Å². The summed E-state index contributed by atoms with van der Waals surface area (Å²) in [4.78, 5) is 11.0. The van der Waals surface area contributed by atoms with Crippen molar-refractivity contribution >= 4 is 16.0 Å². The summed E-state index contributed by atoms with van der Waals surface area (Å²) in [5.74, 6) is -1.33. The number of nitrogens with zero attached hydrogens (tertiary/aromatic N) is 2. The van der Waals surface area contributed by atoms with Gasteiger partial charge in [0.1, 0.15) is 5.56 Å². The fourth-order valence-electron chi connectivity index (χ4n) is 1.52. The minimum absolute atomic E-state index is 0.273. The highest BCUT2D eigenvalue weighted by Gasteiger charge is 2.35. The number of hydrogen-bond donors (Lipinski definition) is 2. The molecule has 108 valence electrons. The Bertz CT molecular complexity index is 571. The monoisotopic (exact) mass is 289 g/mol. The van der Waals surface area contributed by atoms with E-state index in [0.717, 1.165) is 10.5 Å². The predicted molar refractivity (Wildman–Crippen MR) is 69.4 cm³/mol. The zero-order chi connectivity index (χ0) is 15.0. The van der Waals surface area contributed by atoms with E-state index in [1.807, 2.05) is 20.8 Å². The van der Waals surface area contributed by atoms with Crippen LogP contribution in [0.5, 0.6) is 0 Å². The average molecular weight is 289 g/mol. The van der Waals surface area contributed by atoms with E-state index < -0.39 is 21.0 Å². The van der Waals surface area contributed by atoms with Crippen LogP contribution in [0.25, 0.3) is 0 Å². The molecule has 0 saturated carbocycles. The van der Waals surface area contributed by atoms with Crippen LogP contribution >= 0.6 is 0 Å². The van der Waals surface area contributed by atoms with Crippen molar-refractivity contribution in [3.8, 4) is 0 Å². The van der Waals surface area contributed by atoms with Gasteiger partial charge in [0.15, 0.2) is 5.03 Å². The molecule has 8 heteroatoms. The Morgan fingerprint density at radius 1 is 1.47 bits per heavy atom. The fraction of sp³-hybridized carbons (Fsp3) is 0.636. The number of sulfonamides is 1. The highest BCUT2D eigenvalue weighted by atomic mass is 32.2. The molecule has 1 rings (SSSR count). The van der Waals surface area contributed by atoms with Crippen LogP contribution in [0.1, 0.15) is 38.1 Å². The lowest BCUT2D eigenvalue weighted by molar-refractivity contribution is 0.0692. The fourth-order valence-corrected chi connectivity index (χ4v) is 3.13. The van der Waals surface area contributed by atoms with Gasteiger partial charge in [0, 0.05) is 13.1 Å². The number of aromatic amines is 1. The van der Waals surface area contributed by atoms with Crippen molar-refractivity contribution in [3.63, 3.8) is 0 Å². The first-order valence-corrected chi connectivity index (χ1v) is 7.18. The Hall–Kier alpha value is -1.41. The summed E-state index contributed by atoms with van der Waals surface area (Å²) in [6.45, 7) is 7.51. The zero-order valence-electron chi connectivity index (χ0n) is 11.6. The number of nitrogens with one attached hydrogen (secondary N) is 1. The topological polar surface area (TPSA) is 103 Å². The Kier molecular flexibility index (Phi) is 4.06. The van der Waals surface area contributed by atoms with Gasteiger partial charge >= 0.3 is 5.97 Å². The second-order valence-electron chi connectivity index (χ2n) is 5.48. The van der Waals surface area contributed by atoms with E-state index in [2.05, 4.69) is 10.2 Å². The van der Waals surface area contributed by atoms with Crippen LogP contribution < -0.4 is 0 Å². The van der Waals surface area contributed by atoms with Crippen LogP contribution in [0.4, 0.5) is 0 Å². The van der Waals surface area contributed by atoms with Crippen molar-refractivity contribution in [3.05, 3.63) is 11.8 Å². The number of hydrogen-bond acceptors (Lipinski definition) is 4. The number of aromatic carboxylic acids is 1. The number of aromatic nitrogens is 2. The molecule has 2 N–H and O–H groups in total. The van der Waals surface area contributed by atoms with Crippen molar-refractivity contribution < 1.29 is 18.3 Å². The van der Waals surface area contributed by atoms with Gasteiger partial charge in [-0.25, -0.2) is 13.2 Å². The summed E-state index contributed by atoms with van der Waals surface area (Å²) in [5.41, 5.74) is -0.626. The second-order valence-corrected chi connectivity index (χ2v) is 7.42. The number of H-pyrrole nitrogens is 1. The second kappa shape index (κ2) is 4.93. The lowest BCUT2D eigenvalue weighted by Gasteiger charge is -2.34. The van der Waals surface area contributed by atoms with Gasteiger partial charge in [0.05, 0.1) is 6.20 Å². The molecule has 1 heterocycles. The molecule has 1 unspecified atom stereocenters. The van der Waals surface area contributed by atoms with Crippen molar-refractivity contribution in [2.24, 2.45) is 5.41 Å². The minimum Gasteiger partial charge on any atom is -0.478 e. The maximum absolute atomic E-state index is 12.4. The van der Waals surface area contributed by atoms with Crippen molar-refractivity contribution in [1.29, 1.82) is 0 Å². The standard InChI is InChI=1S/C11H19N3O4S/c1-7(11(2,3)4)14(5)19(17,18)9-8(10(15)16)6-12-13-9/h6-7H,1-5H3,(H,12,13)(H,15,16). The molecule has 0 saturated heterocycles. The Morgan fingerprint density at radius 3 is 2.42 bits per heavy atom. The Labute approximate surface area is 112 Å². The molecular weight excluding hydrogens is 270 g/mol. The first-order chi connectivity index (χ1) is 8.49. The number of rotatable bonds is 4. The smallest absolute Gasteiger partial charge is 0.340 e. The minimum atomic E-state index is -3.92. The van der Waals surface area contributed by atoms with E-state index in [4.69, 9.17) is 5.11 Å². The average Bonchev–Trinajstić information content (AvgIpc) is 2.75. The largest absolute Gasteiger partial charge is 0.478 e. The highest BCUT2D eigenvalue weighted by Crippen LogP contribution is 2.27. The van der Waals surface area contributed by atoms with Crippen LogP contribution in [0.3, 0.4) is 0 Å². The van der Waals surface area contributed by atoms with Crippen LogP contribution in [-0.4, -0.2) is 47.1 Å². The third-order valence-corrected chi connectivity index (χ3v) is 5.17. The third kappa shape index (κ3) is 2.95. The molecule has 1 aromatic rings. The summed E-state index contributed by atoms with van der Waals surface area (Å²) in [6.07, 6.45) is 0.991. The van der Waals surface area contributed by atoms with Gasteiger partial charge in [-0.15, -0.1) is 0 Å². The Balaban J connectivity index is 3.25. The molecule has 0 amide bonds. The molecule has 1 aromatic heterocycles. The molecule has 0 fully saturated rings. The molecule has 0 radical (unpaired) electrons. The van der Waals surface area contributed by atoms with Crippen LogP contribution in [-0.2, 0) is 10.0 Å². The number of carboxylic acids is 1. The van der Waals surface area contributed by atoms with E-state index >= 15 is 0 Å². The summed E-state index contributed by atoms with van der Waals surface area (Å²) in [5, 5.41) is 14.3. The van der Waals surface area contributed by atoms with Crippen LogP contribution in [0, 0.1) is 5.41 Å². The van der Waals surface area contributed by atoms with E-state index in [-0.39, 0.29) is 17.0 Å². The SMILES string of the molecule is CC(N(C)S(=O)(=O)c1[nH]ncc1C(=O)O)C(C)(C)C. The highest BCUT2D eigenvalue weighted by molar-refractivity contribution is 7.89. The van der Waals surface area contributed by atoms with E-state index in [0.29, 0.717) is 0 Å². The maximum Gasteiger partial charge on any atom is 0.340 e. The van der Waals surface area contributed by atoms with E-state index in [1.165, 1.54) is 7.05 Å². The van der Waals surface area contributed by atoms with Gasteiger partial charge in [-0.3, -0.25) is 5.10 Å². The summed E-state index contributed by atoms with van der Waals surface area (Å²) in [6, 6.07) is -0.303. The van der Waals surface area contributed by atoms with Gasteiger partial charge in [-0.05, 0) is 12.3 Å². The van der Waals surface area contributed by atoms with Gasteiger partial charge in [-0.2, -0.15) is 9.40 Å². The van der Waals surface area contributed by atoms with E-state index in [9.17, 15) is 13.2 Å². The van der Waals surface area contributed by atoms with Gasteiger partial charge < -0.3 is 5.11 Å². The van der Waals surface area contributed by atoms with Gasteiger partial charge in [0.25, 0.3) is 10.0 Å². The van der Waals surface area contributed by atoms with Crippen molar-refractivity contribution in [2.45, 2.75) is 38.8 Å². The summed E-state index contributed by atoms with van der Waals surface area (Å²) >= 11 is 0. The van der Waals surface area contributed by atoms with Crippen molar-refractivity contribution in [2.75, 3.05) is 7.05 Å². The number of carbonyl (C=O) groups is 1. The lowest BCUT2D eigenvalue weighted by Crippen LogP contribution is -2.43.